The van der Waals surface area contributed by atoms with Crippen molar-refractivity contribution in [3.8, 4) is 5.75 Å². The van der Waals surface area contributed by atoms with E-state index in [9.17, 15) is 9.59 Å². The molecule has 5 heteroatoms. The van der Waals surface area contributed by atoms with Crippen LogP contribution in [0.15, 0.2) is 24.3 Å². The van der Waals surface area contributed by atoms with Gasteiger partial charge in [0.25, 0.3) is 0 Å². The Kier molecular flexibility index (Phi) is 7.06. The average Bonchev–Trinajstić information content (AvgIpc) is 2.59. The van der Waals surface area contributed by atoms with Crippen molar-refractivity contribution in [2.45, 2.75) is 59.4 Å². The summed E-state index contributed by atoms with van der Waals surface area (Å²) >= 11 is 0. The van der Waals surface area contributed by atoms with Crippen molar-refractivity contribution in [2.24, 2.45) is 5.41 Å². The van der Waals surface area contributed by atoms with E-state index >= 15 is 0 Å². The van der Waals surface area contributed by atoms with Crippen molar-refractivity contribution in [1.29, 1.82) is 0 Å². The Morgan fingerprint density at radius 3 is 2.35 bits per heavy atom. The Morgan fingerprint density at radius 2 is 1.77 bits per heavy atom. The zero-order chi connectivity index (χ0) is 19.2. The fraction of sp³-hybridized carbons (Fsp3) is 0.619. The van der Waals surface area contributed by atoms with E-state index in [4.69, 9.17) is 4.74 Å². The van der Waals surface area contributed by atoms with Gasteiger partial charge in [0.2, 0.25) is 11.8 Å². The molecular weight excluding hydrogens is 328 g/mol. The Hall–Kier alpha value is -2.04. The number of likely N-dealkylation sites (tertiary alicyclic amines) is 1. The predicted octanol–water partition coefficient (Wildman–Crippen LogP) is 3.31. The van der Waals surface area contributed by atoms with Crippen LogP contribution in [0.2, 0.25) is 0 Å². The summed E-state index contributed by atoms with van der Waals surface area (Å²) in [5.41, 5.74) is 0.861. The van der Waals surface area contributed by atoms with Gasteiger partial charge in [0.05, 0.1) is 6.61 Å². The maximum Gasteiger partial charge on any atom is 0.227 e. The van der Waals surface area contributed by atoms with Crippen LogP contribution in [-0.2, 0) is 9.59 Å². The summed E-state index contributed by atoms with van der Waals surface area (Å²) in [6, 6.07) is 8.09. The molecule has 0 atom stereocenters. The number of amides is 2. The third-order valence-corrected chi connectivity index (χ3v) is 4.63. The van der Waals surface area contributed by atoms with Crippen LogP contribution in [0.3, 0.4) is 0 Å². The number of piperidine rings is 1. The van der Waals surface area contributed by atoms with Gasteiger partial charge < -0.3 is 15.0 Å². The number of nitrogens with zero attached hydrogens (tertiary/aromatic N) is 1. The second-order valence-electron chi connectivity index (χ2n) is 8.15. The number of ether oxygens (including phenoxy) is 1. The lowest BCUT2D eigenvalue weighted by molar-refractivity contribution is -0.140. The highest BCUT2D eigenvalue weighted by atomic mass is 16.5. The molecule has 1 fully saturated rings. The van der Waals surface area contributed by atoms with E-state index < -0.39 is 0 Å². The lowest BCUT2D eigenvalue weighted by Crippen LogP contribution is -2.49. The zero-order valence-corrected chi connectivity index (χ0v) is 16.5. The molecule has 0 spiro atoms. The van der Waals surface area contributed by atoms with Gasteiger partial charge in [0.1, 0.15) is 5.75 Å². The zero-order valence-electron chi connectivity index (χ0n) is 16.5. The first-order valence-electron chi connectivity index (χ1n) is 9.54. The van der Waals surface area contributed by atoms with Crippen LogP contribution >= 0.6 is 0 Å². The minimum absolute atomic E-state index is 0.0677. The Balaban J connectivity index is 1.62. The molecule has 0 aromatic heterocycles. The van der Waals surface area contributed by atoms with Crippen LogP contribution in [0.5, 0.6) is 5.75 Å². The van der Waals surface area contributed by atoms with Gasteiger partial charge in [0, 0.05) is 31.0 Å². The molecule has 0 unspecified atom stereocenters. The van der Waals surface area contributed by atoms with E-state index in [1.165, 1.54) is 5.56 Å². The van der Waals surface area contributed by atoms with Gasteiger partial charge in [-0.1, -0.05) is 38.5 Å². The van der Waals surface area contributed by atoms with Gasteiger partial charge in [-0.25, -0.2) is 0 Å². The van der Waals surface area contributed by atoms with Gasteiger partial charge in [-0.15, -0.1) is 0 Å². The smallest absolute Gasteiger partial charge is 0.227 e. The second-order valence-corrected chi connectivity index (χ2v) is 8.15. The summed E-state index contributed by atoms with van der Waals surface area (Å²) in [5.74, 6) is 1.10. The maximum absolute atomic E-state index is 12.3. The van der Waals surface area contributed by atoms with Crippen molar-refractivity contribution in [2.75, 3.05) is 19.7 Å². The highest BCUT2D eigenvalue weighted by molar-refractivity contribution is 5.81. The van der Waals surface area contributed by atoms with Crippen molar-refractivity contribution >= 4 is 11.8 Å². The third-order valence-electron chi connectivity index (χ3n) is 4.63. The molecule has 1 heterocycles. The molecule has 2 amide bonds. The maximum atomic E-state index is 12.3. The molecule has 144 valence electrons. The summed E-state index contributed by atoms with van der Waals surface area (Å²) < 4.78 is 5.65. The lowest BCUT2D eigenvalue weighted by Gasteiger charge is -2.36. The van der Waals surface area contributed by atoms with E-state index in [2.05, 4.69) is 5.32 Å². The second kappa shape index (κ2) is 9.06. The topological polar surface area (TPSA) is 58.6 Å². The Morgan fingerprint density at radius 1 is 1.15 bits per heavy atom. The molecular formula is C21H32N2O3. The molecule has 26 heavy (non-hydrogen) atoms. The number of benzene rings is 1. The highest BCUT2D eigenvalue weighted by Crippen LogP contribution is 2.21. The van der Waals surface area contributed by atoms with E-state index in [1.54, 1.807) is 0 Å². The molecule has 2 rings (SSSR count). The predicted molar refractivity (Wildman–Crippen MR) is 103 cm³/mol. The molecule has 1 N–H and O–H groups in total. The van der Waals surface area contributed by atoms with Crippen molar-refractivity contribution in [1.82, 2.24) is 10.2 Å². The molecule has 1 aromatic carbocycles. The number of carbonyl (C=O) groups is 2. The SMILES string of the molecule is Cc1ccc(OCCCC(=O)NC2CCN(C(=O)C(C)(C)C)CC2)cc1. The van der Waals surface area contributed by atoms with Gasteiger partial charge in [-0.05, 0) is 38.3 Å². The van der Waals surface area contributed by atoms with Crippen LogP contribution in [-0.4, -0.2) is 42.5 Å². The number of rotatable bonds is 6. The summed E-state index contributed by atoms with van der Waals surface area (Å²) in [5, 5.41) is 3.09. The van der Waals surface area contributed by atoms with Crippen molar-refractivity contribution in [3.63, 3.8) is 0 Å². The molecule has 1 aromatic rings. The van der Waals surface area contributed by atoms with Crippen LogP contribution in [0, 0.1) is 12.3 Å². The molecule has 0 saturated carbocycles. The number of aryl methyl sites for hydroxylation is 1. The largest absolute Gasteiger partial charge is 0.494 e. The van der Waals surface area contributed by atoms with Crippen molar-refractivity contribution < 1.29 is 14.3 Å². The fourth-order valence-corrected chi connectivity index (χ4v) is 3.06. The van der Waals surface area contributed by atoms with Crippen LogP contribution < -0.4 is 10.1 Å². The van der Waals surface area contributed by atoms with Gasteiger partial charge >= 0.3 is 0 Å². The molecule has 0 aliphatic carbocycles. The van der Waals surface area contributed by atoms with E-state index in [-0.39, 0.29) is 23.3 Å². The van der Waals surface area contributed by atoms with E-state index in [0.717, 1.165) is 31.7 Å². The highest BCUT2D eigenvalue weighted by Gasteiger charge is 2.30. The summed E-state index contributed by atoms with van der Waals surface area (Å²) in [4.78, 5) is 26.3. The first kappa shape index (κ1) is 20.3. The Bertz CT molecular complexity index is 597. The first-order valence-corrected chi connectivity index (χ1v) is 9.54. The molecule has 5 nitrogen and oxygen atoms in total. The van der Waals surface area contributed by atoms with Gasteiger partial charge in [-0.2, -0.15) is 0 Å². The molecule has 1 aliphatic rings. The number of nitrogens with one attached hydrogen (secondary N) is 1. The van der Waals surface area contributed by atoms with Crippen LogP contribution in [0.1, 0.15) is 52.0 Å². The minimum atomic E-state index is -0.340. The molecule has 1 aliphatic heterocycles. The Labute approximate surface area is 157 Å². The molecule has 0 radical (unpaired) electrons. The quantitative estimate of drug-likeness (QED) is 0.792. The monoisotopic (exact) mass is 360 g/mol. The van der Waals surface area contributed by atoms with Gasteiger partial charge in [0.15, 0.2) is 0 Å². The molecule has 1 saturated heterocycles. The summed E-state index contributed by atoms with van der Waals surface area (Å²) in [7, 11) is 0. The lowest BCUT2D eigenvalue weighted by atomic mass is 9.93. The first-order chi connectivity index (χ1) is 12.3. The normalized spacial score (nSPS) is 15.6. The van der Waals surface area contributed by atoms with E-state index in [0.29, 0.717) is 19.4 Å². The minimum Gasteiger partial charge on any atom is -0.494 e. The van der Waals surface area contributed by atoms with Crippen LogP contribution in [0.4, 0.5) is 0 Å². The molecule has 0 bridgehead atoms. The van der Waals surface area contributed by atoms with E-state index in [1.807, 2.05) is 56.9 Å². The summed E-state index contributed by atoms with van der Waals surface area (Å²) in [6.45, 7) is 9.85. The number of hydrogen-bond acceptors (Lipinski definition) is 3. The standard InChI is InChI=1S/C21H32N2O3/c1-16-7-9-18(10-8-16)26-15-5-6-19(24)22-17-11-13-23(14-12-17)20(25)21(2,3)4/h7-10,17H,5-6,11-15H2,1-4H3,(H,22,24). The number of hydrogen-bond donors (Lipinski definition) is 1. The van der Waals surface area contributed by atoms with Crippen LogP contribution in [0.25, 0.3) is 0 Å². The average molecular weight is 360 g/mol. The van der Waals surface area contributed by atoms with Gasteiger partial charge in [-0.3, -0.25) is 9.59 Å². The fourth-order valence-electron chi connectivity index (χ4n) is 3.06. The summed E-state index contributed by atoms with van der Waals surface area (Å²) in [6.07, 6.45) is 2.81. The van der Waals surface area contributed by atoms with Crippen molar-refractivity contribution in [3.05, 3.63) is 29.8 Å². The number of carbonyl (C=O) groups excluding carboxylic acids is 2. The third kappa shape index (κ3) is 6.36.